The van der Waals surface area contributed by atoms with Crippen LogP contribution in [0.25, 0.3) is 0 Å². The Morgan fingerprint density at radius 3 is 2.69 bits per heavy atom. The number of hydrogen-bond acceptors (Lipinski definition) is 4. The molecule has 4 rings (SSSR count). The highest BCUT2D eigenvalue weighted by molar-refractivity contribution is 5.28. The minimum atomic E-state index is 0.104. The summed E-state index contributed by atoms with van der Waals surface area (Å²) in [6.07, 6.45) is 15.8. The number of rotatable bonds is 7. The standard InChI is InChI=1S/C25H34N2O2/c1-20-17-21(18-27-23(20)28-2)9-3-5-11-24(22-10-4-8-15-26-22)14-16-29-25(19-24)12-6-7-13-25/h4,8,10,15,17-18H,3,5-7,9,11-14,16,19H2,1-2H3/t24-/m1/s1. The van der Waals surface area contributed by atoms with E-state index in [9.17, 15) is 0 Å². The second-order valence-corrected chi connectivity index (χ2v) is 9.04. The number of methoxy groups -OCH3 is 1. The van der Waals surface area contributed by atoms with E-state index in [0.717, 1.165) is 37.3 Å². The fourth-order valence-corrected chi connectivity index (χ4v) is 5.56. The van der Waals surface area contributed by atoms with Gasteiger partial charge >= 0.3 is 0 Å². The van der Waals surface area contributed by atoms with Crippen LogP contribution in [-0.2, 0) is 16.6 Å². The molecule has 1 aliphatic carbocycles. The van der Waals surface area contributed by atoms with Crippen molar-refractivity contribution in [1.82, 2.24) is 9.97 Å². The van der Waals surface area contributed by atoms with Gasteiger partial charge < -0.3 is 9.47 Å². The summed E-state index contributed by atoms with van der Waals surface area (Å²) in [6.45, 7) is 2.94. The number of aromatic nitrogens is 2. The average Bonchev–Trinajstić information content (AvgIpc) is 3.19. The number of nitrogens with zero attached hydrogens (tertiary/aromatic N) is 2. The van der Waals surface area contributed by atoms with E-state index in [-0.39, 0.29) is 11.0 Å². The van der Waals surface area contributed by atoms with Crippen LogP contribution in [0.3, 0.4) is 0 Å². The fourth-order valence-electron chi connectivity index (χ4n) is 5.56. The predicted octanol–water partition coefficient (Wildman–Crippen LogP) is 5.57. The largest absolute Gasteiger partial charge is 0.481 e. The van der Waals surface area contributed by atoms with Crippen LogP contribution in [0.5, 0.6) is 5.88 Å². The van der Waals surface area contributed by atoms with Gasteiger partial charge in [-0.2, -0.15) is 0 Å². The zero-order chi connectivity index (χ0) is 20.2. The Hall–Kier alpha value is -1.94. The maximum Gasteiger partial charge on any atom is 0.215 e. The van der Waals surface area contributed by atoms with E-state index in [1.807, 2.05) is 18.5 Å². The summed E-state index contributed by atoms with van der Waals surface area (Å²) in [5, 5.41) is 0. The molecule has 1 atom stereocenters. The van der Waals surface area contributed by atoms with Crippen molar-refractivity contribution in [2.24, 2.45) is 0 Å². The second kappa shape index (κ2) is 8.83. The first-order chi connectivity index (χ1) is 14.1. The lowest BCUT2D eigenvalue weighted by atomic mass is 9.67. The van der Waals surface area contributed by atoms with E-state index >= 15 is 0 Å². The molecule has 4 heteroatoms. The van der Waals surface area contributed by atoms with Crippen molar-refractivity contribution in [2.75, 3.05) is 13.7 Å². The van der Waals surface area contributed by atoms with Gasteiger partial charge in [0.05, 0.1) is 12.7 Å². The van der Waals surface area contributed by atoms with E-state index in [2.05, 4.69) is 30.1 Å². The van der Waals surface area contributed by atoms with Crippen LogP contribution in [0, 0.1) is 6.92 Å². The summed E-state index contributed by atoms with van der Waals surface area (Å²) >= 11 is 0. The Morgan fingerprint density at radius 2 is 1.97 bits per heavy atom. The molecule has 2 aromatic rings. The molecular weight excluding hydrogens is 360 g/mol. The molecule has 0 aromatic carbocycles. The Morgan fingerprint density at radius 1 is 1.10 bits per heavy atom. The number of pyridine rings is 2. The fraction of sp³-hybridized carbons (Fsp3) is 0.600. The van der Waals surface area contributed by atoms with Crippen molar-refractivity contribution in [3.8, 4) is 5.88 Å². The highest BCUT2D eigenvalue weighted by atomic mass is 16.5. The molecule has 2 fully saturated rings. The van der Waals surface area contributed by atoms with E-state index in [1.165, 1.54) is 56.2 Å². The molecule has 1 saturated carbocycles. The Labute approximate surface area is 175 Å². The first-order valence-electron chi connectivity index (χ1n) is 11.2. The molecule has 0 amide bonds. The summed E-state index contributed by atoms with van der Waals surface area (Å²) in [5.74, 6) is 0.729. The third-order valence-electron chi connectivity index (χ3n) is 7.02. The Balaban J connectivity index is 1.43. The third-order valence-corrected chi connectivity index (χ3v) is 7.02. The second-order valence-electron chi connectivity index (χ2n) is 9.04. The van der Waals surface area contributed by atoms with Crippen molar-refractivity contribution in [1.29, 1.82) is 0 Å². The third kappa shape index (κ3) is 4.48. The number of hydrogen-bond donors (Lipinski definition) is 0. The molecular formula is C25H34N2O2. The summed E-state index contributed by atoms with van der Waals surface area (Å²) in [4.78, 5) is 9.24. The van der Waals surface area contributed by atoms with Gasteiger partial charge in [0, 0.05) is 35.7 Å². The number of ether oxygens (including phenoxy) is 2. The van der Waals surface area contributed by atoms with E-state index in [0.29, 0.717) is 0 Å². The summed E-state index contributed by atoms with van der Waals surface area (Å²) < 4.78 is 11.6. The molecule has 2 aliphatic rings. The molecule has 4 nitrogen and oxygen atoms in total. The van der Waals surface area contributed by atoms with Crippen LogP contribution in [0.1, 0.15) is 74.6 Å². The van der Waals surface area contributed by atoms with Crippen molar-refractivity contribution in [3.05, 3.63) is 53.5 Å². The topological polar surface area (TPSA) is 44.2 Å². The molecule has 156 valence electrons. The van der Waals surface area contributed by atoms with Crippen LogP contribution in [0.15, 0.2) is 36.7 Å². The summed E-state index contributed by atoms with van der Waals surface area (Å²) in [7, 11) is 1.68. The smallest absolute Gasteiger partial charge is 0.215 e. The Kier molecular flexibility index (Phi) is 6.19. The van der Waals surface area contributed by atoms with Crippen molar-refractivity contribution < 1.29 is 9.47 Å². The highest BCUT2D eigenvalue weighted by Gasteiger charge is 2.48. The molecule has 29 heavy (non-hydrogen) atoms. The Bertz CT molecular complexity index is 802. The number of unbranched alkanes of at least 4 members (excludes halogenated alkanes) is 1. The van der Waals surface area contributed by atoms with Gasteiger partial charge in [-0.1, -0.05) is 25.3 Å². The molecule has 2 aromatic heterocycles. The minimum absolute atomic E-state index is 0.104. The SMILES string of the molecule is COc1ncc(CCCC[C@@]2(c3ccccn3)CCOC3(CCCC3)C2)cc1C. The van der Waals surface area contributed by atoms with Crippen LogP contribution in [0.4, 0.5) is 0 Å². The molecule has 0 radical (unpaired) electrons. The maximum atomic E-state index is 6.37. The molecule has 1 saturated heterocycles. The maximum absolute atomic E-state index is 6.37. The van der Waals surface area contributed by atoms with Gasteiger partial charge in [-0.3, -0.25) is 4.98 Å². The van der Waals surface area contributed by atoms with Gasteiger partial charge in [0.15, 0.2) is 0 Å². The lowest BCUT2D eigenvalue weighted by Gasteiger charge is -2.46. The van der Waals surface area contributed by atoms with Crippen LogP contribution in [0.2, 0.25) is 0 Å². The van der Waals surface area contributed by atoms with Crippen LogP contribution in [-0.4, -0.2) is 29.3 Å². The van der Waals surface area contributed by atoms with Gasteiger partial charge in [0.25, 0.3) is 0 Å². The van der Waals surface area contributed by atoms with Gasteiger partial charge in [-0.15, -0.1) is 0 Å². The highest BCUT2D eigenvalue weighted by Crippen LogP contribution is 2.50. The quantitative estimate of drug-likeness (QED) is 0.576. The zero-order valence-corrected chi connectivity index (χ0v) is 18.0. The molecule has 1 spiro atoms. The van der Waals surface area contributed by atoms with E-state index in [1.54, 1.807) is 7.11 Å². The average molecular weight is 395 g/mol. The lowest BCUT2D eigenvalue weighted by Crippen LogP contribution is -2.46. The van der Waals surface area contributed by atoms with E-state index < -0.39 is 0 Å². The van der Waals surface area contributed by atoms with Crippen molar-refractivity contribution in [3.63, 3.8) is 0 Å². The molecule has 0 bridgehead atoms. The zero-order valence-electron chi connectivity index (χ0n) is 18.0. The van der Waals surface area contributed by atoms with Gasteiger partial charge in [-0.25, -0.2) is 4.98 Å². The summed E-state index contributed by atoms with van der Waals surface area (Å²) in [5.41, 5.74) is 3.96. The van der Waals surface area contributed by atoms with E-state index in [4.69, 9.17) is 14.5 Å². The monoisotopic (exact) mass is 394 g/mol. The first-order valence-corrected chi connectivity index (χ1v) is 11.2. The van der Waals surface area contributed by atoms with Gasteiger partial charge in [-0.05, 0) is 75.6 Å². The van der Waals surface area contributed by atoms with Crippen LogP contribution < -0.4 is 4.74 Å². The first kappa shape index (κ1) is 20.3. The molecule has 0 unspecified atom stereocenters. The van der Waals surface area contributed by atoms with Crippen LogP contribution >= 0.6 is 0 Å². The minimum Gasteiger partial charge on any atom is -0.481 e. The number of aryl methyl sites for hydroxylation is 2. The van der Waals surface area contributed by atoms with Crippen molar-refractivity contribution >= 4 is 0 Å². The van der Waals surface area contributed by atoms with Gasteiger partial charge in [0.2, 0.25) is 5.88 Å². The molecule has 0 N–H and O–H groups in total. The predicted molar refractivity (Wildman–Crippen MR) is 115 cm³/mol. The normalized spacial score (nSPS) is 23.4. The summed E-state index contributed by atoms with van der Waals surface area (Å²) in [6, 6.07) is 8.63. The molecule has 1 aliphatic heterocycles. The molecule has 3 heterocycles. The van der Waals surface area contributed by atoms with Gasteiger partial charge in [0.1, 0.15) is 0 Å². The van der Waals surface area contributed by atoms with Crippen molar-refractivity contribution in [2.45, 2.75) is 82.1 Å². The lowest BCUT2D eigenvalue weighted by molar-refractivity contribution is -0.104.